The van der Waals surface area contributed by atoms with Gasteiger partial charge in [0.05, 0.1) is 30.6 Å². The molecule has 0 spiro atoms. The SMILES string of the molecule is COc1ccc(C(=O)N(C)C)cc1NC(=O)c1c(C)nn(Cc2ccc(C)cc2)c1Cl. The first kappa shape index (κ1) is 22.4. The van der Waals surface area contributed by atoms with Crippen LogP contribution >= 0.6 is 11.6 Å². The molecule has 0 aliphatic rings. The fourth-order valence-corrected chi connectivity index (χ4v) is 3.48. The highest BCUT2D eigenvalue weighted by atomic mass is 35.5. The van der Waals surface area contributed by atoms with Gasteiger partial charge < -0.3 is 15.0 Å². The number of aromatic nitrogens is 2. The van der Waals surface area contributed by atoms with Gasteiger partial charge in [0.1, 0.15) is 10.9 Å². The van der Waals surface area contributed by atoms with Crippen molar-refractivity contribution in [1.82, 2.24) is 14.7 Å². The fourth-order valence-electron chi connectivity index (χ4n) is 3.16. The lowest BCUT2D eigenvalue weighted by Crippen LogP contribution is -2.22. The number of nitrogens with one attached hydrogen (secondary N) is 1. The minimum Gasteiger partial charge on any atom is -0.495 e. The van der Waals surface area contributed by atoms with Crippen LogP contribution in [0.15, 0.2) is 42.5 Å². The average Bonchev–Trinajstić information content (AvgIpc) is 3.01. The number of amides is 2. The summed E-state index contributed by atoms with van der Waals surface area (Å²) < 4.78 is 6.94. The average molecular weight is 441 g/mol. The van der Waals surface area contributed by atoms with E-state index in [1.54, 1.807) is 43.9 Å². The Morgan fingerprint density at radius 2 is 1.81 bits per heavy atom. The Balaban J connectivity index is 1.88. The highest BCUT2D eigenvalue weighted by Gasteiger charge is 2.22. The number of hydrogen-bond donors (Lipinski definition) is 1. The molecule has 0 aliphatic heterocycles. The molecule has 0 saturated heterocycles. The number of carbonyl (C=O) groups is 2. The minimum atomic E-state index is -0.426. The van der Waals surface area contributed by atoms with E-state index in [1.807, 2.05) is 31.2 Å². The van der Waals surface area contributed by atoms with Crippen LogP contribution in [-0.2, 0) is 6.54 Å². The summed E-state index contributed by atoms with van der Waals surface area (Å²) >= 11 is 6.52. The Morgan fingerprint density at radius 3 is 2.42 bits per heavy atom. The molecule has 0 fully saturated rings. The molecule has 2 amide bonds. The normalized spacial score (nSPS) is 10.6. The van der Waals surface area contributed by atoms with Crippen molar-refractivity contribution >= 4 is 29.1 Å². The first-order chi connectivity index (χ1) is 14.7. The van der Waals surface area contributed by atoms with E-state index < -0.39 is 5.91 Å². The monoisotopic (exact) mass is 440 g/mol. The van der Waals surface area contributed by atoms with Crippen LogP contribution in [0.4, 0.5) is 5.69 Å². The number of benzene rings is 2. The van der Waals surface area contributed by atoms with E-state index in [4.69, 9.17) is 16.3 Å². The summed E-state index contributed by atoms with van der Waals surface area (Å²) in [5.41, 5.74) is 3.78. The molecule has 0 bridgehead atoms. The largest absolute Gasteiger partial charge is 0.495 e. The number of methoxy groups -OCH3 is 1. The molecular formula is C23H25ClN4O3. The highest BCUT2D eigenvalue weighted by Crippen LogP contribution is 2.28. The summed E-state index contributed by atoms with van der Waals surface area (Å²) in [4.78, 5) is 26.8. The van der Waals surface area contributed by atoms with Gasteiger partial charge in [-0.25, -0.2) is 4.68 Å². The van der Waals surface area contributed by atoms with E-state index in [1.165, 1.54) is 12.0 Å². The van der Waals surface area contributed by atoms with Crippen LogP contribution in [-0.4, -0.2) is 47.7 Å². The van der Waals surface area contributed by atoms with Crippen molar-refractivity contribution in [2.24, 2.45) is 0 Å². The van der Waals surface area contributed by atoms with Gasteiger partial charge >= 0.3 is 0 Å². The molecule has 1 N–H and O–H groups in total. The Morgan fingerprint density at radius 1 is 1.13 bits per heavy atom. The quantitative estimate of drug-likeness (QED) is 0.624. The molecule has 0 unspecified atom stereocenters. The highest BCUT2D eigenvalue weighted by molar-refractivity contribution is 6.33. The Hall–Kier alpha value is -3.32. The van der Waals surface area contributed by atoms with E-state index >= 15 is 0 Å². The molecule has 2 aromatic carbocycles. The number of rotatable bonds is 6. The number of halogens is 1. The van der Waals surface area contributed by atoms with Gasteiger partial charge in [0.2, 0.25) is 0 Å². The summed E-state index contributed by atoms with van der Waals surface area (Å²) in [5.74, 6) is -0.173. The van der Waals surface area contributed by atoms with Crippen molar-refractivity contribution in [1.29, 1.82) is 0 Å². The van der Waals surface area contributed by atoms with Gasteiger partial charge in [-0.3, -0.25) is 9.59 Å². The number of carbonyl (C=O) groups excluding carboxylic acids is 2. The zero-order valence-corrected chi connectivity index (χ0v) is 18.9. The summed E-state index contributed by atoms with van der Waals surface area (Å²) in [6.45, 7) is 4.20. The third-order valence-electron chi connectivity index (χ3n) is 4.85. The number of anilines is 1. The molecule has 0 saturated carbocycles. The third kappa shape index (κ3) is 4.88. The molecule has 3 rings (SSSR count). The molecule has 0 aliphatic carbocycles. The van der Waals surface area contributed by atoms with Crippen molar-refractivity contribution in [2.75, 3.05) is 26.5 Å². The van der Waals surface area contributed by atoms with Crippen LogP contribution in [0.5, 0.6) is 5.75 Å². The molecule has 3 aromatic rings. The minimum absolute atomic E-state index is 0.182. The molecule has 1 aromatic heterocycles. The molecule has 8 heteroatoms. The maximum Gasteiger partial charge on any atom is 0.260 e. The van der Waals surface area contributed by atoms with Crippen LogP contribution in [0.3, 0.4) is 0 Å². The zero-order chi connectivity index (χ0) is 22.7. The van der Waals surface area contributed by atoms with E-state index in [0.717, 1.165) is 11.1 Å². The number of ether oxygens (including phenoxy) is 1. The first-order valence-electron chi connectivity index (χ1n) is 9.70. The van der Waals surface area contributed by atoms with Gasteiger partial charge in [0, 0.05) is 19.7 Å². The molecule has 7 nitrogen and oxygen atoms in total. The second-order valence-corrected chi connectivity index (χ2v) is 7.82. The number of nitrogens with zero attached hydrogens (tertiary/aromatic N) is 3. The number of aryl methyl sites for hydroxylation is 2. The zero-order valence-electron chi connectivity index (χ0n) is 18.2. The van der Waals surface area contributed by atoms with Crippen molar-refractivity contribution in [3.05, 3.63) is 75.6 Å². The molecule has 162 valence electrons. The summed E-state index contributed by atoms with van der Waals surface area (Å²) in [7, 11) is 4.82. The Labute approximate surface area is 186 Å². The maximum absolute atomic E-state index is 13.0. The molecule has 0 radical (unpaired) electrons. The topological polar surface area (TPSA) is 76.5 Å². The Bertz CT molecular complexity index is 1120. The number of hydrogen-bond acceptors (Lipinski definition) is 4. The molecule has 1 heterocycles. The Kier molecular flexibility index (Phi) is 6.65. The van der Waals surface area contributed by atoms with E-state index in [2.05, 4.69) is 10.4 Å². The molecule has 31 heavy (non-hydrogen) atoms. The maximum atomic E-state index is 13.0. The smallest absolute Gasteiger partial charge is 0.260 e. The summed E-state index contributed by atoms with van der Waals surface area (Å²) in [5, 5.41) is 7.49. The van der Waals surface area contributed by atoms with Crippen LogP contribution in [0.25, 0.3) is 0 Å². The second kappa shape index (κ2) is 9.22. The van der Waals surface area contributed by atoms with Crippen molar-refractivity contribution in [2.45, 2.75) is 20.4 Å². The van der Waals surface area contributed by atoms with Crippen LogP contribution in [0, 0.1) is 13.8 Å². The van der Waals surface area contributed by atoms with Gasteiger partial charge in [-0.05, 0) is 37.6 Å². The summed E-state index contributed by atoms with van der Waals surface area (Å²) in [6, 6.07) is 12.9. The fraction of sp³-hybridized carbons (Fsp3) is 0.261. The van der Waals surface area contributed by atoms with E-state index in [9.17, 15) is 9.59 Å². The predicted octanol–water partition coefficient (Wildman–Crippen LogP) is 4.16. The van der Waals surface area contributed by atoms with Crippen LogP contribution in [0.1, 0.15) is 37.5 Å². The first-order valence-corrected chi connectivity index (χ1v) is 10.1. The van der Waals surface area contributed by atoms with Crippen molar-refractivity contribution < 1.29 is 14.3 Å². The van der Waals surface area contributed by atoms with E-state index in [0.29, 0.717) is 29.2 Å². The van der Waals surface area contributed by atoms with Crippen LogP contribution in [0.2, 0.25) is 5.15 Å². The van der Waals surface area contributed by atoms with Crippen molar-refractivity contribution in [3.63, 3.8) is 0 Å². The predicted molar refractivity (Wildman–Crippen MR) is 121 cm³/mol. The molecular weight excluding hydrogens is 416 g/mol. The van der Waals surface area contributed by atoms with Crippen LogP contribution < -0.4 is 10.1 Å². The van der Waals surface area contributed by atoms with E-state index in [-0.39, 0.29) is 16.6 Å². The lowest BCUT2D eigenvalue weighted by molar-refractivity contribution is 0.0827. The van der Waals surface area contributed by atoms with Gasteiger partial charge in [-0.1, -0.05) is 41.4 Å². The lowest BCUT2D eigenvalue weighted by atomic mass is 10.1. The lowest BCUT2D eigenvalue weighted by Gasteiger charge is -2.14. The van der Waals surface area contributed by atoms with Gasteiger partial charge in [0.15, 0.2) is 0 Å². The van der Waals surface area contributed by atoms with Gasteiger partial charge in [0.25, 0.3) is 11.8 Å². The third-order valence-corrected chi connectivity index (χ3v) is 5.23. The molecule has 0 atom stereocenters. The van der Waals surface area contributed by atoms with Gasteiger partial charge in [-0.2, -0.15) is 5.10 Å². The van der Waals surface area contributed by atoms with Gasteiger partial charge in [-0.15, -0.1) is 0 Å². The summed E-state index contributed by atoms with van der Waals surface area (Å²) in [6.07, 6.45) is 0. The second-order valence-electron chi connectivity index (χ2n) is 7.46. The standard InChI is InChI=1S/C23H25ClN4O3/c1-14-6-8-16(9-7-14)13-28-21(24)20(15(2)26-28)22(29)25-18-12-17(23(30)27(3)4)10-11-19(18)31-5/h6-12H,13H2,1-5H3,(H,25,29). The van der Waals surface area contributed by atoms with Crippen molar-refractivity contribution in [3.8, 4) is 5.75 Å².